The van der Waals surface area contributed by atoms with Gasteiger partial charge in [-0.15, -0.1) is 0 Å². The molecule has 2 heterocycles. The molecule has 4 nitrogen and oxygen atoms in total. The van der Waals surface area contributed by atoms with Gasteiger partial charge in [-0.3, -0.25) is 5.32 Å². The Bertz CT molecular complexity index is 339. The maximum absolute atomic E-state index is 10.8. The van der Waals surface area contributed by atoms with Gasteiger partial charge in [-0.2, -0.15) is 0 Å². The lowest BCUT2D eigenvalue weighted by molar-refractivity contribution is 0.250. The molecule has 2 N–H and O–H groups in total. The van der Waals surface area contributed by atoms with Gasteiger partial charge in [-0.25, -0.2) is 9.78 Å². The summed E-state index contributed by atoms with van der Waals surface area (Å²) in [6.07, 6.45) is 1.56. The molecule has 2 rings (SSSR count). The van der Waals surface area contributed by atoms with Gasteiger partial charge in [0, 0.05) is 18.3 Å². The third kappa shape index (κ3) is 1.10. The number of hydrogen-bond donors (Lipinski definition) is 2. The van der Waals surface area contributed by atoms with E-state index >= 15 is 0 Å². The number of nitrogens with one attached hydrogen (secondary N) is 2. The monoisotopic (exact) mass is 183 g/mol. The first-order valence-corrected chi connectivity index (χ1v) is 3.83. The lowest BCUT2D eigenvalue weighted by Gasteiger charge is -2.17. The van der Waals surface area contributed by atoms with Crippen molar-refractivity contribution in [3.8, 4) is 0 Å². The molecule has 62 valence electrons. The van der Waals surface area contributed by atoms with Crippen LogP contribution in [0.4, 0.5) is 10.6 Å². The van der Waals surface area contributed by atoms with Crippen molar-refractivity contribution in [3.63, 3.8) is 0 Å². The molecule has 1 aliphatic rings. The van der Waals surface area contributed by atoms with Crippen LogP contribution < -0.4 is 10.6 Å². The normalized spacial score (nSPS) is 14.6. The van der Waals surface area contributed by atoms with Crippen molar-refractivity contribution in [1.29, 1.82) is 0 Å². The van der Waals surface area contributed by atoms with Crippen LogP contribution in [0.5, 0.6) is 0 Å². The molecule has 0 radical (unpaired) electrons. The molecule has 0 aromatic carbocycles. The molecule has 0 spiro atoms. The van der Waals surface area contributed by atoms with Crippen molar-refractivity contribution < 1.29 is 4.79 Å². The lowest BCUT2D eigenvalue weighted by atomic mass is 10.2. The summed E-state index contributed by atoms with van der Waals surface area (Å²) in [5.41, 5.74) is 0.832. The lowest BCUT2D eigenvalue weighted by Crippen LogP contribution is -2.34. The second-order valence-electron chi connectivity index (χ2n) is 2.43. The van der Waals surface area contributed by atoms with Crippen LogP contribution >= 0.6 is 11.6 Å². The second-order valence-corrected chi connectivity index (χ2v) is 2.83. The third-order valence-electron chi connectivity index (χ3n) is 1.66. The van der Waals surface area contributed by atoms with Crippen molar-refractivity contribution in [2.45, 2.75) is 6.54 Å². The van der Waals surface area contributed by atoms with E-state index in [4.69, 9.17) is 11.6 Å². The van der Waals surface area contributed by atoms with Crippen LogP contribution in [0, 0.1) is 0 Å². The number of rotatable bonds is 0. The standard InChI is InChI=1S/C7H6ClN3O/c8-5-1-2-9-6-4(5)3-10-7(12)11-6/h1-2H,3H2,(H2,9,10,11,12). The Hall–Kier alpha value is -1.29. The van der Waals surface area contributed by atoms with Crippen molar-refractivity contribution in [1.82, 2.24) is 10.3 Å². The van der Waals surface area contributed by atoms with Crippen LogP contribution in [-0.4, -0.2) is 11.0 Å². The molecule has 1 aromatic heterocycles. The molecule has 1 aromatic rings. The molecule has 0 bridgehead atoms. The Labute approximate surface area is 73.9 Å². The molecule has 0 atom stereocenters. The van der Waals surface area contributed by atoms with E-state index < -0.39 is 0 Å². The van der Waals surface area contributed by atoms with E-state index in [1.165, 1.54) is 0 Å². The average Bonchev–Trinajstić information content (AvgIpc) is 2.04. The number of nitrogens with zero attached hydrogens (tertiary/aromatic N) is 1. The average molecular weight is 184 g/mol. The highest BCUT2D eigenvalue weighted by Gasteiger charge is 2.16. The van der Waals surface area contributed by atoms with Gasteiger partial charge in [0.15, 0.2) is 0 Å². The predicted octanol–water partition coefficient (Wildman–Crippen LogP) is 1.37. The maximum Gasteiger partial charge on any atom is 0.320 e. The fourth-order valence-corrected chi connectivity index (χ4v) is 1.28. The number of anilines is 1. The number of pyridine rings is 1. The summed E-state index contributed by atoms with van der Waals surface area (Å²) in [5, 5.41) is 5.78. The zero-order chi connectivity index (χ0) is 8.55. The van der Waals surface area contributed by atoms with Crippen LogP contribution in [0.15, 0.2) is 12.3 Å². The van der Waals surface area contributed by atoms with Crippen molar-refractivity contribution in [3.05, 3.63) is 22.8 Å². The summed E-state index contributed by atoms with van der Waals surface area (Å²) in [5.74, 6) is 0.547. The van der Waals surface area contributed by atoms with Crippen LogP contribution in [0.25, 0.3) is 0 Å². The molecule has 0 fully saturated rings. The molecule has 1 aliphatic heterocycles. The van der Waals surface area contributed by atoms with Gasteiger partial charge in [-0.1, -0.05) is 11.6 Å². The summed E-state index contributed by atoms with van der Waals surface area (Å²) < 4.78 is 0. The van der Waals surface area contributed by atoms with Crippen molar-refractivity contribution in [2.75, 3.05) is 5.32 Å². The first-order chi connectivity index (χ1) is 5.77. The quantitative estimate of drug-likeness (QED) is 0.638. The number of fused-ring (bicyclic) bond motifs is 1. The van der Waals surface area contributed by atoms with Gasteiger partial charge < -0.3 is 5.32 Å². The molecule has 2 amide bonds. The first-order valence-electron chi connectivity index (χ1n) is 3.45. The fourth-order valence-electron chi connectivity index (χ4n) is 1.07. The van der Waals surface area contributed by atoms with Gasteiger partial charge in [-0.05, 0) is 6.07 Å². The van der Waals surface area contributed by atoms with Crippen LogP contribution in [0.3, 0.4) is 0 Å². The summed E-state index contributed by atoms with van der Waals surface area (Å²) in [4.78, 5) is 14.8. The van der Waals surface area contributed by atoms with Gasteiger partial charge in [0.1, 0.15) is 5.82 Å². The van der Waals surface area contributed by atoms with E-state index in [2.05, 4.69) is 15.6 Å². The first kappa shape index (κ1) is 7.36. The summed E-state index contributed by atoms with van der Waals surface area (Å²) in [6, 6.07) is 1.46. The highest BCUT2D eigenvalue weighted by atomic mass is 35.5. The molecule has 0 saturated carbocycles. The number of amides is 2. The second kappa shape index (κ2) is 2.64. The molecular formula is C7H6ClN3O. The molecular weight excluding hydrogens is 178 g/mol. The summed E-state index contributed by atoms with van der Waals surface area (Å²) >= 11 is 5.86. The predicted molar refractivity (Wildman–Crippen MR) is 45.1 cm³/mol. The van der Waals surface area contributed by atoms with E-state index in [0.717, 1.165) is 5.56 Å². The van der Waals surface area contributed by atoms with Crippen molar-refractivity contribution >= 4 is 23.4 Å². The fraction of sp³-hybridized carbons (Fsp3) is 0.143. The molecule has 12 heavy (non-hydrogen) atoms. The van der Waals surface area contributed by atoms with Gasteiger partial charge >= 0.3 is 6.03 Å². The van der Waals surface area contributed by atoms with E-state index in [0.29, 0.717) is 17.4 Å². The third-order valence-corrected chi connectivity index (χ3v) is 2.01. The van der Waals surface area contributed by atoms with Gasteiger partial charge in [0.25, 0.3) is 0 Å². The maximum atomic E-state index is 10.8. The summed E-state index contributed by atoms with van der Waals surface area (Å²) in [6.45, 7) is 0.438. The minimum absolute atomic E-state index is 0.239. The van der Waals surface area contributed by atoms with Gasteiger partial charge in [0.05, 0.1) is 5.02 Å². The number of carbonyl (C=O) groups excluding carboxylic acids is 1. The van der Waals surface area contributed by atoms with Crippen LogP contribution in [-0.2, 0) is 6.54 Å². The minimum atomic E-state index is -0.239. The smallest absolute Gasteiger partial charge is 0.320 e. The zero-order valence-electron chi connectivity index (χ0n) is 6.10. The van der Waals surface area contributed by atoms with E-state index in [-0.39, 0.29) is 6.03 Å². The Morgan fingerprint density at radius 1 is 1.58 bits per heavy atom. The largest absolute Gasteiger partial charge is 0.334 e. The molecule has 0 saturated heterocycles. The van der Waals surface area contributed by atoms with Crippen LogP contribution in [0.1, 0.15) is 5.56 Å². The molecule has 0 aliphatic carbocycles. The number of hydrogen-bond acceptors (Lipinski definition) is 2. The number of aromatic nitrogens is 1. The summed E-state index contributed by atoms with van der Waals surface area (Å²) in [7, 11) is 0. The number of halogens is 1. The highest BCUT2D eigenvalue weighted by molar-refractivity contribution is 6.31. The molecule has 0 unspecified atom stereocenters. The topological polar surface area (TPSA) is 54.0 Å². The van der Waals surface area contributed by atoms with Gasteiger partial charge in [0.2, 0.25) is 0 Å². The SMILES string of the molecule is O=C1NCc2c(Cl)ccnc2N1. The van der Waals surface area contributed by atoms with E-state index in [9.17, 15) is 4.79 Å². The Morgan fingerprint density at radius 2 is 2.42 bits per heavy atom. The minimum Gasteiger partial charge on any atom is -0.334 e. The van der Waals surface area contributed by atoms with Crippen molar-refractivity contribution in [2.24, 2.45) is 0 Å². The van der Waals surface area contributed by atoms with Crippen LogP contribution in [0.2, 0.25) is 5.02 Å². The highest BCUT2D eigenvalue weighted by Crippen LogP contribution is 2.23. The Morgan fingerprint density at radius 3 is 3.25 bits per heavy atom. The Balaban J connectivity index is 2.48. The van der Waals surface area contributed by atoms with E-state index in [1.807, 2.05) is 0 Å². The number of urea groups is 1. The number of carbonyl (C=O) groups is 1. The zero-order valence-corrected chi connectivity index (χ0v) is 6.85. The van der Waals surface area contributed by atoms with E-state index in [1.54, 1.807) is 12.3 Å². The Kier molecular flexibility index (Phi) is 1.62. The molecule has 5 heteroatoms.